The van der Waals surface area contributed by atoms with Crippen molar-refractivity contribution < 1.29 is 4.74 Å². The van der Waals surface area contributed by atoms with E-state index >= 15 is 0 Å². The lowest BCUT2D eigenvalue weighted by atomic mass is 9.78. The molecule has 12 heavy (non-hydrogen) atoms. The van der Waals surface area contributed by atoms with Crippen LogP contribution in [0.15, 0.2) is 0 Å². The number of rotatable bonds is 1. The van der Waals surface area contributed by atoms with Crippen molar-refractivity contribution in [2.45, 2.75) is 34.1 Å². The van der Waals surface area contributed by atoms with Crippen molar-refractivity contribution in [1.82, 2.24) is 0 Å². The molecule has 1 fully saturated rings. The Bertz CT molecular complexity index is 131. The fourth-order valence-corrected chi connectivity index (χ4v) is 2.12. The summed E-state index contributed by atoms with van der Waals surface area (Å²) in [6.07, 6.45) is 1.24. The molecule has 0 radical (unpaired) electrons. The van der Waals surface area contributed by atoms with Crippen molar-refractivity contribution in [1.29, 1.82) is 0 Å². The zero-order chi connectivity index (χ0) is 9.14. The zero-order valence-corrected chi connectivity index (χ0v) is 8.84. The molecule has 0 aliphatic carbocycles. The summed E-state index contributed by atoms with van der Waals surface area (Å²) in [7, 11) is 0. The highest BCUT2D eigenvalue weighted by Gasteiger charge is 2.27. The summed E-state index contributed by atoms with van der Waals surface area (Å²) >= 11 is 0. The third kappa shape index (κ3) is 2.22. The van der Waals surface area contributed by atoms with Gasteiger partial charge in [0.1, 0.15) is 0 Å². The van der Waals surface area contributed by atoms with Crippen LogP contribution >= 0.6 is 0 Å². The number of ether oxygens (including phenoxy) is 1. The average molecular weight is 170 g/mol. The van der Waals surface area contributed by atoms with E-state index in [1.807, 2.05) is 0 Å². The SMILES string of the molecule is CC(C)C1COCCC(C)C1C. The largest absolute Gasteiger partial charge is 0.381 e. The maximum absolute atomic E-state index is 5.61. The molecule has 0 N–H and O–H groups in total. The molecular weight excluding hydrogens is 148 g/mol. The Hall–Kier alpha value is -0.0400. The molecule has 1 rings (SSSR count). The second-order valence-electron chi connectivity index (χ2n) is 4.61. The second kappa shape index (κ2) is 4.27. The van der Waals surface area contributed by atoms with Gasteiger partial charge in [0.15, 0.2) is 0 Å². The van der Waals surface area contributed by atoms with E-state index < -0.39 is 0 Å². The van der Waals surface area contributed by atoms with Crippen molar-refractivity contribution in [2.24, 2.45) is 23.7 Å². The molecule has 0 aromatic rings. The van der Waals surface area contributed by atoms with E-state index in [-0.39, 0.29) is 0 Å². The van der Waals surface area contributed by atoms with Gasteiger partial charge in [-0.3, -0.25) is 0 Å². The number of hydrogen-bond acceptors (Lipinski definition) is 1. The molecule has 1 heteroatoms. The van der Waals surface area contributed by atoms with Crippen LogP contribution in [0.4, 0.5) is 0 Å². The van der Waals surface area contributed by atoms with Gasteiger partial charge in [-0.05, 0) is 30.1 Å². The molecule has 1 nitrogen and oxygen atoms in total. The summed E-state index contributed by atoms with van der Waals surface area (Å²) in [4.78, 5) is 0. The van der Waals surface area contributed by atoms with Crippen molar-refractivity contribution in [3.05, 3.63) is 0 Å². The zero-order valence-electron chi connectivity index (χ0n) is 8.84. The van der Waals surface area contributed by atoms with Gasteiger partial charge in [0, 0.05) is 13.2 Å². The molecule has 1 heterocycles. The summed E-state index contributed by atoms with van der Waals surface area (Å²) in [5.41, 5.74) is 0. The minimum absolute atomic E-state index is 0.764. The predicted molar refractivity (Wildman–Crippen MR) is 52.1 cm³/mol. The van der Waals surface area contributed by atoms with Crippen LogP contribution < -0.4 is 0 Å². The molecule has 1 saturated heterocycles. The fraction of sp³-hybridized carbons (Fsp3) is 1.00. The van der Waals surface area contributed by atoms with Gasteiger partial charge in [0.05, 0.1) is 0 Å². The topological polar surface area (TPSA) is 9.23 Å². The van der Waals surface area contributed by atoms with Crippen molar-refractivity contribution >= 4 is 0 Å². The first kappa shape index (κ1) is 10.0. The lowest BCUT2D eigenvalue weighted by Crippen LogP contribution is -2.24. The third-order valence-electron chi connectivity index (χ3n) is 3.46. The van der Waals surface area contributed by atoms with Gasteiger partial charge in [0.2, 0.25) is 0 Å². The standard InChI is InChI=1S/C11H22O/c1-8(2)11-7-12-6-5-9(3)10(11)4/h8-11H,5-7H2,1-4H3. The highest BCUT2D eigenvalue weighted by Crippen LogP contribution is 2.31. The quantitative estimate of drug-likeness (QED) is 0.588. The smallest absolute Gasteiger partial charge is 0.0499 e. The Morgan fingerprint density at radius 1 is 1.25 bits per heavy atom. The van der Waals surface area contributed by atoms with Crippen LogP contribution in [0.3, 0.4) is 0 Å². The van der Waals surface area contributed by atoms with Crippen LogP contribution in [0, 0.1) is 23.7 Å². The van der Waals surface area contributed by atoms with Gasteiger partial charge in [-0.25, -0.2) is 0 Å². The Kier molecular flexibility index (Phi) is 3.57. The fourth-order valence-electron chi connectivity index (χ4n) is 2.12. The van der Waals surface area contributed by atoms with E-state index in [9.17, 15) is 0 Å². The van der Waals surface area contributed by atoms with E-state index in [1.54, 1.807) is 0 Å². The highest BCUT2D eigenvalue weighted by molar-refractivity contribution is 4.76. The van der Waals surface area contributed by atoms with Crippen LogP contribution in [0.25, 0.3) is 0 Å². The van der Waals surface area contributed by atoms with Crippen LogP contribution in [0.2, 0.25) is 0 Å². The van der Waals surface area contributed by atoms with E-state index in [4.69, 9.17) is 4.74 Å². The molecule has 0 aromatic carbocycles. The van der Waals surface area contributed by atoms with E-state index in [0.717, 1.165) is 36.9 Å². The lowest BCUT2D eigenvalue weighted by Gasteiger charge is -2.28. The normalized spacial score (nSPS) is 38.2. The second-order valence-corrected chi connectivity index (χ2v) is 4.61. The van der Waals surface area contributed by atoms with Gasteiger partial charge in [0.25, 0.3) is 0 Å². The minimum atomic E-state index is 0.764. The Labute approximate surface area is 76.5 Å². The summed E-state index contributed by atoms with van der Waals surface area (Å²) in [5.74, 6) is 3.19. The van der Waals surface area contributed by atoms with Crippen molar-refractivity contribution in [3.63, 3.8) is 0 Å². The molecule has 3 atom stereocenters. The van der Waals surface area contributed by atoms with E-state index in [1.165, 1.54) is 6.42 Å². The number of hydrogen-bond donors (Lipinski definition) is 0. The lowest BCUT2D eigenvalue weighted by molar-refractivity contribution is 0.0858. The first-order chi connectivity index (χ1) is 5.63. The molecule has 1 aliphatic rings. The maximum Gasteiger partial charge on any atom is 0.0499 e. The van der Waals surface area contributed by atoms with Crippen LogP contribution in [-0.4, -0.2) is 13.2 Å². The summed E-state index contributed by atoms with van der Waals surface area (Å²) < 4.78 is 5.61. The third-order valence-corrected chi connectivity index (χ3v) is 3.46. The maximum atomic E-state index is 5.61. The minimum Gasteiger partial charge on any atom is -0.381 e. The first-order valence-electron chi connectivity index (χ1n) is 5.20. The molecule has 72 valence electrons. The van der Waals surface area contributed by atoms with E-state index in [2.05, 4.69) is 27.7 Å². The Morgan fingerprint density at radius 2 is 1.92 bits per heavy atom. The summed E-state index contributed by atoms with van der Waals surface area (Å²) in [5, 5.41) is 0. The Morgan fingerprint density at radius 3 is 2.50 bits per heavy atom. The molecular formula is C11H22O. The van der Waals surface area contributed by atoms with Crippen molar-refractivity contribution in [3.8, 4) is 0 Å². The molecule has 0 saturated carbocycles. The van der Waals surface area contributed by atoms with Gasteiger partial charge in [-0.1, -0.05) is 27.7 Å². The predicted octanol–water partition coefficient (Wildman–Crippen LogP) is 2.95. The van der Waals surface area contributed by atoms with Gasteiger partial charge in [-0.2, -0.15) is 0 Å². The molecule has 0 bridgehead atoms. The van der Waals surface area contributed by atoms with E-state index in [0.29, 0.717) is 0 Å². The van der Waals surface area contributed by atoms with Crippen LogP contribution in [0.5, 0.6) is 0 Å². The summed E-state index contributed by atoms with van der Waals surface area (Å²) in [6.45, 7) is 11.3. The molecule has 3 unspecified atom stereocenters. The average Bonchev–Trinajstić information content (AvgIpc) is 2.15. The molecule has 0 amide bonds. The summed E-state index contributed by atoms with van der Waals surface area (Å²) in [6, 6.07) is 0. The monoisotopic (exact) mass is 170 g/mol. The molecule has 0 spiro atoms. The van der Waals surface area contributed by atoms with Crippen molar-refractivity contribution in [2.75, 3.05) is 13.2 Å². The van der Waals surface area contributed by atoms with Gasteiger partial charge >= 0.3 is 0 Å². The van der Waals surface area contributed by atoms with Gasteiger partial charge < -0.3 is 4.74 Å². The first-order valence-corrected chi connectivity index (χ1v) is 5.20. The highest BCUT2D eigenvalue weighted by atomic mass is 16.5. The molecule has 0 aromatic heterocycles. The van der Waals surface area contributed by atoms with Crippen LogP contribution in [-0.2, 0) is 4.74 Å². The van der Waals surface area contributed by atoms with Crippen LogP contribution in [0.1, 0.15) is 34.1 Å². The Balaban J connectivity index is 2.58. The van der Waals surface area contributed by atoms with Gasteiger partial charge in [-0.15, -0.1) is 0 Å². The molecule has 1 aliphatic heterocycles.